The zero-order valence-electron chi connectivity index (χ0n) is 18.3. The van der Waals surface area contributed by atoms with Crippen molar-refractivity contribution in [3.63, 3.8) is 0 Å². The molecule has 32 heavy (non-hydrogen) atoms. The molecule has 0 spiro atoms. The fraction of sp³-hybridized carbons (Fsp3) is 0.318. The van der Waals surface area contributed by atoms with Crippen molar-refractivity contribution in [3.8, 4) is 11.3 Å². The molecule has 0 aliphatic heterocycles. The summed E-state index contributed by atoms with van der Waals surface area (Å²) in [6.45, 7) is 7.51. The average Bonchev–Trinajstić information content (AvgIpc) is 3.11. The molecule has 0 bridgehead atoms. The van der Waals surface area contributed by atoms with Crippen molar-refractivity contribution in [2.45, 2.75) is 39.1 Å². The molecule has 3 heterocycles. The first-order valence-corrected chi connectivity index (χ1v) is 11.3. The molecule has 0 unspecified atom stereocenters. The Morgan fingerprint density at radius 2 is 1.97 bits per heavy atom. The molecule has 0 fully saturated rings. The van der Waals surface area contributed by atoms with Crippen molar-refractivity contribution in [1.82, 2.24) is 18.8 Å². The molecule has 8 nitrogen and oxygen atoms in total. The van der Waals surface area contributed by atoms with Gasteiger partial charge < -0.3 is 10.0 Å². The Labute approximate surface area is 186 Å². The summed E-state index contributed by atoms with van der Waals surface area (Å²) in [5, 5.41) is 9.63. The van der Waals surface area contributed by atoms with Crippen LogP contribution in [0.4, 0.5) is 9.18 Å². The lowest BCUT2D eigenvalue weighted by Crippen LogP contribution is -2.36. The van der Waals surface area contributed by atoms with Gasteiger partial charge in [0, 0.05) is 30.8 Å². The number of hydrogen-bond acceptors (Lipinski definition) is 5. The highest BCUT2D eigenvalue weighted by atomic mass is 32.2. The highest BCUT2D eigenvalue weighted by Crippen LogP contribution is 2.29. The number of rotatable bonds is 6. The van der Waals surface area contributed by atoms with Crippen molar-refractivity contribution in [3.05, 3.63) is 66.1 Å². The van der Waals surface area contributed by atoms with Gasteiger partial charge in [-0.1, -0.05) is 20.8 Å². The highest BCUT2D eigenvalue weighted by Gasteiger charge is 2.26. The van der Waals surface area contributed by atoms with Crippen LogP contribution in [-0.4, -0.2) is 45.0 Å². The van der Waals surface area contributed by atoms with Crippen molar-refractivity contribution >= 4 is 16.1 Å². The maximum absolute atomic E-state index is 14.7. The number of carboxylic acid groups (broad SMARTS) is 1. The van der Waals surface area contributed by atoms with E-state index in [1.807, 2.05) is 20.8 Å². The Bertz CT molecular complexity index is 1230. The summed E-state index contributed by atoms with van der Waals surface area (Å²) in [4.78, 5) is 20.6. The van der Waals surface area contributed by atoms with Crippen molar-refractivity contribution in [2.75, 3.05) is 6.54 Å². The van der Waals surface area contributed by atoms with Gasteiger partial charge in [-0.2, -0.15) is 4.39 Å². The molecule has 0 saturated heterocycles. The number of amides is 1. The van der Waals surface area contributed by atoms with Gasteiger partial charge in [-0.25, -0.2) is 22.2 Å². The molecule has 1 N–H and O–H groups in total. The van der Waals surface area contributed by atoms with E-state index >= 15 is 0 Å². The minimum absolute atomic E-state index is 0.00740. The lowest BCUT2D eigenvalue weighted by atomic mass is 9.96. The topological polar surface area (TPSA) is 105 Å². The van der Waals surface area contributed by atoms with Gasteiger partial charge in [0.2, 0.25) is 5.95 Å². The Morgan fingerprint density at radius 3 is 2.53 bits per heavy atom. The molecule has 170 valence electrons. The summed E-state index contributed by atoms with van der Waals surface area (Å²) in [5.41, 5.74) is 0.585. The van der Waals surface area contributed by atoms with Crippen LogP contribution in [0.2, 0.25) is 0 Å². The molecule has 1 amide bonds. The van der Waals surface area contributed by atoms with E-state index in [-0.39, 0.29) is 34.7 Å². The highest BCUT2D eigenvalue weighted by molar-refractivity contribution is 7.90. The smallest absolute Gasteiger partial charge is 0.407 e. The van der Waals surface area contributed by atoms with Crippen LogP contribution in [0.25, 0.3) is 11.3 Å². The monoisotopic (exact) mass is 460 g/mol. The lowest BCUT2D eigenvalue weighted by molar-refractivity contribution is 0.123. The van der Waals surface area contributed by atoms with E-state index < -0.39 is 22.1 Å². The fourth-order valence-corrected chi connectivity index (χ4v) is 4.65. The molecule has 0 radical (unpaired) electrons. The Balaban J connectivity index is 2.15. The summed E-state index contributed by atoms with van der Waals surface area (Å²) < 4.78 is 42.3. The Kier molecular flexibility index (Phi) is 6.36. The standard InChI is InChI=1S/C22H25FN4O4S/c1-15-7-8-18(20(23)25-15)19-10-16(12-26(21(28)29)14-22(2,3)4)13-27(19)32(30,31)17-6-5-9-24-11-17/h5-11,13H,12,14H2,1-4H3,(H,28,29). The zero-order chi connectivity index (χ0) is 23.7. The van der Waals surface area contributed by atoms with Crippen molar-refractivity contribution < 1.29 is 22.7 Å². The number of hydrogen-bond donors (Lipinski definition) is 1. The van der Waals surface area contributed by atoms with E-state index in [0.29, 0.717) is 11.3 Å². The summed E-state index contributed by atoms with van der Waals surface area (Å²) in [7, 11) is -4.12. The predicted octanol–water partition coefficient (Wildman–Crippen LogP) is 4.16. The molecule has 0 saturated carbocycles. The number of halogens is 1. The number of nitrogens with zero attached hydrogens (tertiary/aromatic N) is 4. The van der Waals surface area contributed by atoms with Crippen LogP contribution in [0.15, 0.2) is 53.8 Å². The first kappa shape index (κ1) is 23.4. The van der Waals surface area contributed by atoms with Gasteiger partial charge >= 0.3 is 6.09 Å². The molecule has 0 aliphatic carbocycles. The normalized spacial score (nSPS) is 12.0. The molecular formula is C22H25FN4O4S. The first-order valence-electron chi connectivity index (χ1n) is 9.87. The van der Waals surface area contributed by atoms with Gasteiger partial charge in [-0.15, -0.1) is 0 Å². The molecular weight excluding hydrogens is 435 g/mol. The first-order chi connectivity index (χ1) is 14.9. The second-order valence-corrected chi connectivity index (χ2v) is 10.5. The zero-order valence-corrected chi connectivity index (χ0v) is 19.1. The van der Waals surface area contributed by atoms with Crippen LogP contribution in [0.1, 0.15) is 32.0 Å². The van der Waals surface area contributed by atoms with E-state index in [9.17, 15) is 22.7 Å². The molecule has 0 aliphatic rings. The Hall–Kier alpha value is -3.27. The van der Waals surface area contributed by atoms with Crippen LogP contribution in [0.3, 0.4) is 0 Å². The maximum Gasteiger partial charge on any atom is 0.407 e. The van der Waals surface area contributed by atoms with Gasteiger partial charge in [-0.3, -0.25) is 4.98 Å². The van der Waals surface area contributed by atoms with E-state index in [1.165, 1.54) is 47.8 Å². The number of aryl methyl sites for hydroxylation is 1. The molecule has 3 aromatic rings. The molecule has 10 heteroatoms. The quantitative estimate of drug-likeness (QED) is 0.554. The Morgan fingerprint density at radius 1 is 1.25 bits per heavy atom. The van der Waals surface area contributed by atoms with Crippen molar-refractivity contribution in [2.24, 2.45) is 5.41 Å². The number of pyridine rings is 2. The van der Waals surface area contributed by atoms with Gasteiger partial charge in [-0.05, 0) is 48.2 Å². The number of aromatic nitrogens is 3. The predicted molar refractivity (Wildman–Crippen MR) is 117 cm³/mol. The summed E-state index contributed by atoms with van der Waals surface area (Å²) in [5.74, 6) is -0.818. The van der Waals surface area contributed by atoms with Crippen LogP contribution in [-0.2, 0) is 16.6 Å². The molecule has 0 atom stereocenters. The molecule has 3 rings (SSSR count). The van der Waals surface area contributed by atoms with Crippen LogP contribution in [0, 0.1) is 18.3 Å². The van der Waals surface area contributed by atoms with Gasteiger partial charge in [0.05, 0.1) is 17.8 Å². The van der Waals surface area contributed by atoms with Crippen LogP contribution >= 0.6 is 0 Å². The van der Waals surface area contributed by atoms with Gasteiger partial charge in [0.25, 0.3) is 10.0 Å². The summed E-state index contributed by atoms with van der Waals surface area (Å²) in [6, 6.07) is 7.38. The average molecular weight is 461 g/mol. The maximum atomic E-state index is 14.7. The third-order valence-corrected chi connectivity index (χ3v) is 6.26. The van der Waals surface area contributed by atoms with Crippen molar-refractivity contribution in [1.29, 1.82) is 0 Å². The van der Waals surface area contributed by atoms with E-state index in [0.717, 1.165) is 3.97 Å². The third-order valence-electron chi connectivity index (χ3n) is 4.61. The minimum atomic E-state index is -4.12. The second kappa shape index (κ2) is 8.70. The summed E-state index contributed by atoms with van der Waals surface area (Å²) >= 11 is 0. The van der Waals surface area contributed by atoms with E-state index in [4.69, 9.17) is 0 Å². The fourth-order valence-electron chi connectivity index (χ4n) is 3.29. The lowest BCUT2D eigenvalue weighted by Gasteiger charge is -2.27. The van der Waals surface area contributed by atoms with E-state index in [1.54, 1.807) is 13.0 Å². The van der Waals surface area contributed by atoms with Crippen LogP contribution < -0.4 is 0 Å². The van der Waals surface area contributed by atoms with Gasteiger partial charge in [0.15, 0.2) is 0 Å². The second-order valence-electron chi connectivity index (χ2n) is 8.71. The number of carbonyl (C=O) groups is 1. The van der Waals surface area contributed by atoms with E-state index in [2.05, 4.69) is 9.97 Å². The SMILES string of the molecule is Cc1ccc(-c2cc(CN(CC(C)(C)C)C(=O)O)cn2S(=O)(=O)c2cccnc2)c(F)n1. The molecule has 0 aromatic carbocycles. The summed E-state index contributed by atoms with van der Waals surface area (Å²) in [6.07, 6.45) is 2.83. The van der Waals surface area contributed by atoms with Gasteiger partial charge in [0.1, 0.15) is 4.90 Å². The largest absolute Gasteiger partial charge is 0.465 e. The minimum Gasteiger partial charge on any atom is -0.465 e. The van der Waals surface area contributed by atoms with Crippen LogP contribution in [0.5, 0.6) is 0 Å². The third kappa shape index (κ3) is 5.13. The molecule has 3 aromatic heterocycles.